The van der Waals surface area contributed by atoms with E-state index >= 15 is 0 Å². The normalized spacial score (nSPS) is 15.9. The summed E-state index contributed by atoms with van der Waals surface area (Å²) in [6.07, 6.45) is 5.81. The summed E-state index contributed by atoms with van der Waals surface area (Å²) in [6.45, 7) is 2.51. The molecule has 0 aliphatic heterocycles. The second-order valence-electron chi connectivity index (χ2n) is 6.33. The molecule has 1 saturated carbocycles. The van der Waals surface area contributed by atoms with Gasteiger partial charge in [-0.25, -0.2) is 0 Å². The molecular weight excluding hydrogens is 326 g/mol. The van der Waals surface area contributed by atoms with E-state index < -0.39 is 0 Å². The Morgan fingerprint density at radius 2 is 1.75 bits per heavy atom. The molecule has 1 aliphatic rings. The molecule has 0 saturated heterocycles. The zero-order valence-corrected chi connectivity index (χ0v) is 15.2. The zero-order valence-electron chi connectivity index (χ0n) is 14.4. The van der Waals surface area contributed by atoms with Gasteiger partial charge in [0.15, 0.2) is 0 Å². The smallest absolute Gasteiger partial charge is 0.251 e. The van der Waals surface area contributed by atoms with Gasteiger partial charge in [-0.15, -0.1) is 12.4 Å². The van der Waals surface area contributed by atoms with E-state index in [0.717, 1.165) is 12.8 Å². The fourth-order valence-corrected chi connectivity index (χ4v) is 2.88. The van der Waals surface area contributed by atoms with Crippen molar-refractivity contribution in [2.45, 2.75) is 45.1 Å². The number of amides is 2. The van der Waals surface area contributed by atoms with E-state index in [1.165, 1.54) is 19.3 Å². The van der Waals surface area contributed by atoms with Crippen molar-refractivity contribution in [3.8, 4) is 0 Å². The standard InChI is InChI=1S/C18H27N3O2.ClH/c1-13(12-19-2)17(22)20-16-10-8-14(9-11-16)18(23)21-15-6-4-3-5-7-15;/h8-11,13,15,19H,3-7,12H2,1-2H3,(H,20,22)(H,21,23);1H. The lowest BCUT2D eigenvalue weighted by Gasteiger charge is -2.22. The summed E-state index contributed by atoms with van der Waals surface area (Å²) in [5.41, 5.74) is 1.35. The van der Waals surface area contributed by atoms with E-state index in [4.69, 9.17) is 0 Å². The first kappa shape index (κ1) is 20.5. The largest absolute Gasteiger partial charge is 0.349 e. The highest BCUT2D eigenvalue weighted by atomic mass is 35.5. The Morgan fingerprint density at radius 3 is 2.33 bits per heavy atom. The number of hydrogen-bond acceptors (Lipinski definition) is 3. The fourth-order valence-electron chi connectivity index (χ4n) is 2.88. The van der Waals surface area contributed by atoms with Crippen LogP contribution in [0.5, 0.6) is 0 Å². The van der Waals surface area contributed by atoms with Gasteiger partial charge in [0.05, 0.1) is 0 Å². The van der Waals surface area contributed by atoms with Crippen LogP contribution in [-0.4, -0.2) is 31.4 Å². The number of carbonyl (C=O) groups excluding carboxylic acids is 2. The first-order valence-electron chi connectivity index (χ1n) is 8.46. The quantitative estimate of drug-likeness (QED) is 0.736. The molecule has 24 heavy (non-hydrogen) atoms. The van der Waals surface area contributed by atoms with Crippen LogP contribution in [0.15, 0.2) is 24.3 Å². The molecule has 1 atom stereocenters. The summed E-state index contributed by atoms with van der Waals surface area (Å²) in [5, 5.41) is 8.94. The molecule has 1 aromatic rings. The first-order chi connectivity index (χ1) is 11.1. The van der Waals surface area contributed by atoms with E-state index in [2.05, 4.69) is 16.0 Å². The van der Waals surface area contributed by atoms with Crippen molar-refractivity contribution in [1.29, 1.82) is 0 Å². The highest BCUT2D eigenvalue weighted by molar-refractivity contribution is 5.96. The predicted octanol–water partition coefficient (Wildman–Crippen LogP) is 2.96. The minimum atomic E-state index is -0.103. The topological polar surface area (TPSA) is 70.2 Å². The van der Waals surface area contributed by atoms with Crippen molar-refractivity contribution in [3.63, 3.8) is 0 Å². The Balaban J connectivity index is 0.00000288. The number of hydrogen-bond donors (Lipinski definition) is 3. The van der Waals surface area contributed by atoms with Crippen molar-refractivity contribution in [2.24, 2.45) is 5.92 Å². The van der Waals surface area contributed by atoms with Crippen molar-refractivity contribution < 1.29 is 9.59 Å². The molecule has 1 aromatic carbocycles. The van der Waals surface area contributed by atoms with E-state index in [1.54, 1.807) is 24.3 Å². The van der Waals surface area contributed by atoms with Crippen LogP contribution in [0.25, 0.3) is 0 Å². The average molecular weight is 354 g/mol. The molecule has 0 aromatic heterocycles. The molecular formula is C18H28ClN3O2. The van der Waals surface area contributed by atoms with Crippen LogP contribution in [0.3, 0.4) is 0 Å². The van der Waals surface area contributed by atoms with Gasteiger partial charge in [0, 0.05) is 29.8 Å². The number of nitrogens with one attached hydrogen (secondary N) is 3. The second kappa shape index (κ2) is 10.3. The fraction of sp³-hybridized carbons (Fsp3) is 0.556. The number of halogens is 1. The lowest BCUT2D eigenvalue weighted by Crippen LogP contribution is -2.36. The van der Waals surface area contributed by atoms with Gasteiger partial charge in [-0.05, 0) is 44.2 Å². The van der Waals surface area contributed by atoms with Gasteiger partial charge in [-0.2, -0.15) is 0 Å². The summed E-state index contributed by atoms with van der Waals surface area (Å²) >= 11 is 0. The first-order valence-corrected chi connectivity index (χ1v) is 8.46. The number of carbonyl (C=O) groups is 2. The molecule has 0 radical (unpaired) electrons. The molecule has 1 aliphatic carbocycles. The van der Waals surface area contributed by atoms with Crippen LogP contribution >= 0.6 is 12.4 Å². The minimum Gasteiger partial charge on any atom is -0.349 e. The molecule has 0 bridgehead atoms. The summed E-state index contributed by atoms with van der Waals surface area (Å²) in [4.78, 5) is 24.2. The Hall–Kier alpha value is -1.59. The van der Waals surface area contributed by atoms with Crippen molar-refractivity contribution in [1.82, 2.24) is 10.6 Å². The predicted molar refractivity (Wildman–Crippen MR) is 99.7 cm³/mol. The summed E-state index contributed by atoms with van der Waals surface area (Å²) in [5.74, 6) is -0.161. The summed E-state index contributed by atoms with van der Waals surface area (Å²) < 4.78 is 0. The second-order valence-corrected chi connectivity index (χ2v) is 6.33. The number of rotatable bonds is 6. The van der Waals surface area contributed by atoms with Gasteiger partial charge < -0.3 is 16.0 Å². The van der Waals surface area contributed by atoms with Crippen LogP contribution in [0.1, 0.15) is 49.4 Å². The maximum Gasteiger partial charge on any atom is 0.251 e. The maximum absolute atomic E-state index is 12.2. The molecule has 1 fully saturated rings. The van der Waals surface area contributed by atoms with Crippen molar-refractivity contribution in [2.75, 3.05) is 18.9 Å². The summed E-state index contributed by atoms with van der Waals surface area (Å²) in [7, 11) is 1.82. The molecule has 5 nitrogen and oxygen atoms in total. The monoisotopic (exact) mass is 353 g/mol. The van der Waals surface area contributed by atoms with Gasteiger partial charge in [-0.3, -0.25) is 9.59 Å². The highest BCUT2D eigenvalue weighted by Gasteiger charge is 2.17. The van der Waals surface area contributed by atoms with Crippen LogP contribution in [0, 0.1) is 5.92 Å². The van der Waals surface area contributed by atoms with Crippen LogP contribution in [0.2, 0.25) is 0 Å². The van der Waals surface area contributed by atoms with Gasteiger partial charge in [-0.1, -0.05) is 26.2 Å². The third-order valence-electron chi connectivity index (χ3n) is 4.31. The van der Waals surface area contributed by atoms with Crippen molar-refractivity contribution in [3.05, 3.63) is 29.8 Å². The highest BCUT2D eigenvalue weighted by Crippen LogP contribution is 2.18. The number of anilines is 1. The minimum absolute atomic E-state index is 0. The summed E-state index contributed by atoms with van der Waals surface area (Å²) in [6, 6.07) is 7.38. The molecule has 0 heterocycles. The van der Waals surface area contributed by atoms with Crippen LogP contribution in [0.4, 0.5) is 5.69 Å². The Kier molecular flexibility index (Phi) is 8.79. The van der Waals surface area contributed by atoms with Crippen LogP contribution < -0.4 is 16.0 Å². The van der Waals surface area contributed by atoms with Gasteiger partial charge >= 0.3 is 0 Å². The van der Waals surface area contributed by atoms with E-state index in [9.17, 15) is 9.59 Å². The van der Waals surface area contributed by atoms with E-state index in [-0.39, 0.29) is 30.1 Å². The Bertz CT molecular complexity index is 528. The SMILES string of the molecule is CNCC(C)C(=O)Nc1ccc(C(=O)NC2CCCCC2)cc1.Cl. The molecule has 2 rings (SSSR count). The van der Waals surface area contributed by atoms with Gasteiger partial charge in [0.1, 0.15) is 0 Å². The Morgan fingerprint density at radius 1 is 1.12 bits per heavy atom. The molecule has 0 spiro atoms. The number of benzene rings is 1. The molecule has 1 unspecified atom stereocenters. The van der Waals surface area contributed by atoms with Crippen molar-refractivity contribution >= 4 is 29.9 Å². The van der Waals surface area contributed by atoms with Gasteiger partial charge in [0.25, 0.3) is 5.91 Å². The lowest BCUT2D eigenvalue weighted by molar-refractivity contribution is -0.119. The Labute approximate surface area is 150 Å². The van der Waals surface area contributed by atoms with Crippen LogP contribution in [-0.2, 0) is 4.79 Å². The maximum atomic E-state index is 12.2. The molecule has 6 heteroatoms. The zero-order chi connectivity index (χ0) is 16.7. The third-order valence-corrected chi connectivity index (χ3v) is 4.31. The molecule has 134 valence electrons. The lowest BCUT2D eigenvalue weighted by atomic mass is 9.95. The van der Waals surface area contributed by atoms with E-state index in [0.29, 0.717) is 23.8 Å². The molecule has 3 N–H and O–H groups in total. The van der Waals surface area contributed by atoms with E-state index in [1.807, 2.05) is 14.0 Å². The van der Waals surface area contributed by atoms with Gasteiger partial charge in [0.2, 0.25) is 5.91 Å². The average Bonchev–Trinajstić information content (AvgIpc) is 2.56. The molecule has 2 amide bonds. The third kappa shape index (κ3) is 6.13.